The van der Waals surface area contributed by atoms with Gasteiger partial charge in [0.25, 0.3) is 0 Å². The zero-order valence-electron chi connectivity index (χ0n) is 8.16. The van der Waals surface area contributed by atoms with Crippen molar-refractivity contribution in [3.8, 4) is 0 Å². The van der Waals surface area contributed by atoms with Crippen molar-refractivity contribution < 1.29 is 0 Å². The van der Waals surface area contributed by atoms with Crippen LogP contribution in [0.3, 0.4) is 0 Å². The number of benzene rings is 1. The first-order valence-corrected chi connectivity index (χ1v) is 5.01. The average Bonchev–Trinajstić information content (AvgIpc) is 2.72. The molecule has 0 aliphatic carbocycles. The number of nitrogens with one attached hydrogen (secondary N) is 2. The summed E-state index contributed by atoms with van der Waals surface area (Å²) in [5.41, 5.74) is 1.36. The predicted octanol–water partition coefficient (Wildman–Crippen LogP) is 0.778. The van der Waals surface area contributed by atoms with Gasteiger partial charge in [-0.3, -0.25) is 4.99 Å². The van der Waals surface area contributed by atoms with Gasteiger partial charge in [-0.15, -0.1) is 0 Å². The van der Waals surface area contributed by atoms with Crippen molar-refractivity contribution in [1.29, 1.82) is 0 Å². The molecule has 0 radical (unpaired) electrons. The Bertz CT molecular complexity index is 306. The summed E-state index contributed by atoms with van der Waals surface area (Å²) in [6, 6.07) is 10.5. The Morgan fingerprint density at radius 1 is 1.29 bits per heavy atom. The van der Waals surface area contributed by atoms with Gasteiger partial charge < -0.3 is 10.6 Å². The molecule has 0 atom stereocenters. The molecule has 1 aromatic rings. The van der Waals surface area contributed by atoms with Crippen molar-refractivity contribution in [1.82, 2.24) is 10.6 Å². The van der Waals surface area contributed by atoms with E-state index in [1.165, 1.54) is 5.56 Å². The van der Waals surface area contributed by atoms with E-state index in [2.05, 4.69) is 39.9 Å². The van der Waals surface area contributed by atoms with Crippen LogP contribution in [0, 0.1) is 0 Å². The normalized spacial score (nSPS) is 14.7. The summed E-state index contributed by atoms with van der Waals surface area (Å²) in [4.78, 5) is 4.26. The van der Waals surface area contributed by atoms with Gasteiger partial charge in [0.2, 0.25) is 0 Å². The summed E-state index contributed by atoms with van der Waals surface area (Å²) >= 11 is 0. The quantitative estimate of drug-likeness (QED) is 0.737. The highest BCUT2D eigenvalue weighted by Crippen LogP contribution is 1.98. The van der Waals surface area contributed by atoms with E-state index >= 15 is 0 Å². The largest absolute Gasteiger partial charge is 0.356 e. The fourth-order valence-electron chi connectivity index (χ4n) is 1.49. The maximum atomic E-state index is 4.26. The Kier molecular flexibility index (Phi) is 3.01. The Hall–Kier alpha value is -1.51. The molecule has 14 heavy (non-hydrogen) atoms. The van der Waals surface area contributed by atoms with E-state index in [0.717, 1.165) is 32.0 Å². The molecular formula is C11H15N3. The van der Waals surface area contributed by atoms with Crippen LogP contribution in [0.15, 0.2) is 35.3 Å². The van der Waals surface area contributed by atoms with Crippen LogP contribution in [0.4, 0.5) is 0 Å². The van der Waals surface area contributed by atoms with E-state index in [-0.39, 0.29) is 0 Å². The van der Waals surface area contributed by atoms with Crippen LogP contribution >= 0.6 is 0 Å². The lowest BCUT2D eigenvalue weighted by molar-refractivity contribution is 0.837. The van der Waals surface area contributed by atoms with Gasteiger partial charge in [0.1, 0.15) is 0 Å². The summed E-state index contributed by atoms with van der Waals surface area (Å²) in [6.45, 7) is 2.80. The molecule has 3 nitrogen and oxygen atoms in total. The molecule has 0 saturated carbocycles. The van der Waals surface area contributed by atoms with Gasteiger partial charge in [-0.05, 0) is 12.0 Å². The lowest BCUT2D eigenvalue weighted by Crippen LogP contribution is -2.34. The third-order valence-corrected chi connectivity index (χ3v) is 2.22. The monoisotopic (exact) mass is 189 g/mol. The second-order valence-corrected chi connectivity index (χ2v) is 3.32. The molecule has 1 aliphatic heterocycles. The Labute approximate surface area is 84.2 Å². The number of nitrogens with zero attached hydrogens (tertiary/aromatic N) is 1. The minimum atomic E-state index is 0.896. The molecule has 74 valence electrons. The Morgan fingerprint density at radius 3 is 2.86 bits per heavy atom. The third-order valence-electron chi connectivity index (χ3n) is 2.22. The van der Waals surface area contributed by atoms with Gasteiger partial charge in [-0.2, -0.15) is 0 Å². The zero-order valence-corrected chi connectivity index (χ0v) is 8.16. The molecule has 1 heterocycles. The minimum Gasteiger partial charge on any atom is -0.356 e. The van der Waals surface area contributed by atoms with E-state index < -0.39 is 0 Å². The summed E-state index contributed by atoms with van der Waals surface area (Å²) in [7, 11) is 0. The van der Waals surface area contributed by atoms with E-state index in [0.29, 0.717) is 0 Å². The van der Waals surface area contributed by atoms with Crippen LogP contribution in [-0.2, 0) is 6.42 Å². The van der Waals surface area contributed by atoms with Gasteiger partial charge in [0.05, 0.1) is 6.54 Å². The molecule has 0 aromatic heterocycles. The second kappa shape index (κ2) is 4.65. The van der Waals surface area contributed by atoms with Crippen molar-refractivity contribution in [3.05, 3.63) is 35.9 Å². The maximum absolute atomic E-state index is 4.26. The lowest BCUT2D eigenvalue weighted by atomic mass is 10.1. The Morgan fingerprint density at radius 2 is 2.14 bits per heavy atom. The van der Waals surface area contributed by atoms with Gasteiger partial charge in [-0.1, -0.05) is 30.3 Å². The van der Waals surface area contributed by atoms with E-state index in [1.807, 2.05) is 6.07 Å². The molecule has 1 aliphatic rings. The third kappa shape index (κ3) is 2.49. The molecule has 3 heteroatoms. The highest BCUT2D eigenvalue weighted by molar-refractivity contribution is 5.81. The summed E-state index contributed by atoms with van der Waals surface area (Å²) < 4.78 is 0. The van der Waals surface area contributed by atoms with Crippen molar-refractivity contribution in [2.24, 2.45) is 4.99 Å². The number of hydrogen-bond donors (Lipinski definition) is 2. The lowest BCUT2D eigenvalue weighted by Gasteiger charge is -2.05. The molecule has 2 N–H and O–H groups in total. The number of hydrogen-bond acceptors (Lipinski definition) is 3. The van der Waals surface area contributed by atoms with Gasteiger partial charge in [-0.25, -0.2) is 0 Å². The predicted molar refractivity (Wildman–Crippen MR) is 58.5 cm³/mol. The van der Waals surface area contributed by atoms with Gasteiger partial charge in [0, 0.05) is 13.1 Å². The number of rotatable bonds is 3. The van der Waals surface area contributed by atoms with Gasteiger partial charge in [0.15, 0.2) is 5.96 Å². The van der Waals surface area contributed by atoms with Crippen molar-refractivity contribution in [2.45, 2.75) is 6.42 Å². The van der Waals surface area contributed by atoms with E-state index in [1.54, 1.807) is 0 Å². The van der Waals surface area contributed by atoms with Crippen LogP contribution in [-0.4, -0.2) is 25.6 Å². The van der Waals surface area contributed by atoms with Crippen molar-refractivity contribution >= 4 is 5.96 Å². The van der Waals surface area contributed by atoms with Crippen LogP contribution in [0.25, 0.3) is 0 Å². The zero-order chi connectivity index (χ0) is 9.64. The van der Waals surface area contributed by atoms with E-state index in [9.17, 15) is 0 Å². The summed E-state index contributed by atoms with van der Waals surface area (Å²) in [6.07, 6.45) is 1.04. The summed E-state index contributed by atoms with van der Waals surface area (Å²) in [5, 5.41) is 6.45. The fraction of sp³-hybridized carbons (Fsp3) is 0.364. The molecule has 0 bridgehead atoms. The van der Waals surface area contributed by atoms with Crippen LogP contribution in [0.1, 0.15) is 5.56 Å². The molecule has 0 amide bonds. The molecule has 1 aromatic carbocycles. The first-order chi connectivity index (χ1) is 6.95. The van der Waals surface area contributed by atoms with Crippen LogP contribution < -0.4 is 10.6 Å². The molecule has 0 spiro atoms. The first kappa shape index (κ1) is 9.06. The minimum absolute atomic E-state index is 0.896. The van der Waals surface area contributed by atoms with Crippen LogP contribution in [0.2, 0.25) is 0 Å². The standard InChI is InChI=1S/C11H15N3/c1-2-4-10(5-3-1)6-7-12-11-13-8-9-14-11/h1-5H,6-9H2,(H2,12,13,14). The molecule has 0 unspecified atom stereocenters. The van der Waals surface area contributed by atoms with Crippen molar-refractivity contribution in [2.75, 3.05) is 19.6 Å². The van der Waals surface area contributed by atoms with Crippen LogP contribution in [0.5, 0.6) is 0 Å². The van der Waals surface area contributed by atoms with E-state index in [4.69, 9.17) is 0 Å². The first-order valence-electron chi connectivity index (χ1n) is 5.01. The average molecular weight is 189 g/mol. The topological polar surface area (TPSA) is 36.4 Å². The molecule has 0 saturated heterocycles. The number of aliphatic imine (C=N–C) groups is 1. The Balaban J connectivity index is 1.73. The SMILES string of the molecule is c1ccc(CCNC2=NCCN2)cc1. The number of guanidine groups is 1. The molecular weight excluding hydrogens is 174 g/mol. The molecule has 0 fully saturated rings. The summed E-state index contributed by atoms with van der Waals surface area (Å²) in [5.74, 6) is 0.945. The maximum Gasteiger partial charge on any atom is 0.191 e. The smallest absolute Gasteiger partial charge is 0.191 e. The highest BCUT2D eigenvalue weighted by Gasteiger charge is 2.02. The highest BCUT2D eigenvalue weighted by atomic mass is 15.2. The van der Waals surface area contributed by atoms with Crippen molar-refractivity contribution in [3.63, 3.8) is 0 Å². The fourth-order valence-corrected chi connectivity index (χ4v) is 1.49. The molecule has 2 rings (SSSR count). The second-order valence-electron chi connectivity index (χ2n) is 3.32. The van der Waals surface area contributed by atoms with Gasteiger partial charge >= 0.3 is 0 Å².